The number of H-pyrrole nitrogens is 1. The molecule has 0 radical (unpaired) electrons. The molecule has 0 spiro atoms. The summed E-state index contributed by atoms with van der Waals surface area (Å²) >= 11 is 0. The van der Waals surface area contributed by atoms with Crippen LogP contribution in [-0.4, -0.2) is 55.4 Å². The van der Waals surface area contributed by atoms with Crippen LogP contribution in [0.15, 0.2) is 49.2 Å². The number of rotatable bonds is 4. The number of hydrogen-bond acceptors (Lipinski definition) is 5. The average molecular weight is 374 g/mol. The van der Waals surface area contributed by atoms with Crippen molar-refractivity contribution in [2.75, 3.05) is 14.1 Å². The standard InChI is InChI=1S/C20H18N6O2/c1-25(2)20(28)18(27)14-6-12(8-21-9-14)13-7-15-16(11-23-19(15)22-10-13)17-4-5-24-26(17)3/h4-11H,1-3H3,(H,22,23). The van der Waals surface area contributed by atoms with Crippen molar-refractivity contribution in [2.24, 2.45) is 7.05 Å². The molecular weight excluding hydrogens is 356 g/mol. The number of pyridine rings is 2. The maximum absolute atomic E-state index is 12.3. The molecule has 0 unspecified atom stereocenters. The fraction of sp³-hybridized carbons (Fsp3) is 0.150. The lowest BCUT2D eigenvalue weighted by Gasteiger charge is -2.09. The molecule has 4 aromatic heterocycles. The van der Waals surface area contributed by atoms with Gasteiger partial charge >= 0.3 is 0 Å². The summed E-state index contributed by atoms with van der Waals surface area (Å²) in [6.07, 6.45) is 8.40. The smallest absolute Gasteiger partial charge is 0.294 e. The van der Waals surface area contributed by atoms with Gasteiger partial charge in [0.15, 0.2) is 0 Å². The first-order chi connectivity index (χ1) is 13.5. The van der Waals surface area contributed by atoms with Gasteiger partial charge in [-0.15, -0.1) is 0 Å². The van der Waals surface area contributed by atoms with Gasteiger partial charge in [0, 0.05) is 79.8 Å². The topological polar surface area (TPSA) is 96.8 Å². The minimum Gasteiger partial charge on any atom is -0.345 e. The first-order valence-electron chi connectivity index (χ1n) is 8.62. The SMILES string of the molecule is CN(C)C(=O)C(=O)c1cncc(-c2cnc3[nH]cc(-c4ccnn4C)c3c2)c1. The molecule has 28 heavy (non-hydrogen) atoms. The van der Waals surface area contributed by atoms with E-state index in [9.17, 15) is 9.59 Å². The number of fused-ring (bicyclic) bond motifs is 1. The zero-order valence-electron chi connectivity index (χ0n) is 15.7. The normalized spacial score (nSPS) is 11.0. The Bertz CT molecular complexity index is 1200. The second-order valence-electron chi connectivity index (χ2n) is 6.65. The van der Waals surface area contributed by atoms with E-state index >= 15 is 0 Å². The number of aromatic amines is 1. The lowest BCUT2D eigenvalue weighted by molar-refractivity contribution is -0.124. The molecule has 0 bridgehead atoms. The Morgan fingerprint density at radius 1 is 1.11 bits per heavy atom. The van der Waals surface area contributed by atoms with Crippen LogP contribution >= 0.6 is 0 Å². The molecule has 0 fully saturated rings. The third-order valence-corrected chi connectivity index (χ3v) is 4.56. The Kier molecular flexibility index (Phi) is 4.23. The van der Waals surface area contributed by atoms with Crippen LogP contribution in [0.5, 0.6) is 0 Å². The van der Waals surface area contributed by atoms with Gasteiger partial charge in [-0.3, -0.25) is 19.3 Å². The number of hydrogen-bond donors (Lipinski definition) is 1. The summed E-state index contributed by atoms with van der Waals surface area (Å²) in [4.78, 5) is 37.3. The lowest BCUT2D eigenvalue weighted by atomic mass is 10.0. The summed E-state index contributed by atoms with van der Waals surface area (Å²) in [5.74, 6) is -1.18. The van der Waals surface area contributed by atoms with Crippen LogP contribution < -0.4 is 0 Å². The number of ketones is 1. The zero-order chi connectivity index (χ0) is 19.8. The molecule has 4 aromatic rings. The number of aromatic nitrogens is 5. The van der Waals surface area contributed by atoms with Gasteiger partial charge < -0.3 is 9.88 Å². The molecule has 4 rings (SSSR count). The number of carbonyl (C=O) groups excluding carboxylic acids is 2. The molecular formula is C20H18N6O2. The summed E-state index contributed by atoms with van der Waals surface area (Å²) in [5, 5.41) is 5.15. The number of carbonyl (C=O) groups is 2. The Balaban J connectivity index is 1.78. The average Bonchev–Trinajstić information content (AvgIpc) is 3.31. The van der Waals surface area contributed by atoms with Crippen molar-refractivity contribution in [3.63, 3.8) is 0 Å². The number of nitrogens with zero attached hydrogens (tertiary/aromatic N) is 5. The van der Waals surface area contributed by atoms with Gasteiger partial charge in [-0.1, -0.05) is 0 Å². The van der Waals surface area contributed by atoms with E-state index in [-0.39, 0.29) is 5.56 Å². The minimum atomic E-state index is -0.592. The van der Waals surface area contributed by atoms with Crippen molar-refractivity contribution in [3.8, 4) is 22.4 Å². The molecule has 0 aromatic carbocycles. The van der Waals surface area contributed by atoms with Gasteiger partial charge in [0.2, 0.25) is 0 Å². The number of aryl methyl sites for hydroxylation is 1. The van der Waals surface area contributed by atoms with Crippen LogP contribution in [0.1, 0.15) is 10.4 Å². The fourth-order valence-corrected chi connectivity index (χ4v) is 3.06. The van der Waals surface area contributed by atoms with Crippen molar-refractivity contribution in [1.82, 2.24) is 29.6 Å². The molecule has 4 heterocycles. The maximum Gasteiger partial charge on any atom is 0.294 e. The minimum absolute atomic E-state index is 0.247. The molecule has 0 saturated carbocycles. The highest BCUT2D eigenvalue weighted by Gasteiger charge is 2.19. The maximum atomic E-state index is 12.3. The second-order valence-corrected chi connectivity index (χ2v) is 6.65. The van der Waals surface area contributed by atoms with Gasteiger partial charge in [-0.05, 0) is 18.2 Å². The molecule has 1 N–H and O–H groups in total. The van der Waals surface area contributed by atoms with Crippen LogP contribution in [0.2, 0.25) is 0 Å². The van der Waals surface area contributed by atoms with Crippen LogP contribution in [0.3, 0.4) is 0 Å². The largest absolute Gasteiger partial charge is 0.345 e. The fourth-order valence-electron chi connectivity index (χ4n) is 3.06. The molecule has 140 valence electrons. The van der Waals surface area contributed by atoms with Crippen molar-refractivity contribution < 1.29 is 9.59 Å². The summed E-state index contributed by atoms with van der Waals surface area (Å²) < 4.78 is 1.79. The van der Waals surface area contributed by atoms with Crippen molar-refractivity contribution in [2.45, 2.75) is 0 Å². The Hall–Kier alpha value is -3.81. The summed E-state index contributed by atoms with van der Waals surface area (Å²) in [6, 6.07) is 5.58. The van der Waals surface area contributed by atoms with E-state index in [0.717, 1.165) is 27.9 Å². The first kappa shape index (κ1) is 17.6. The number of nitrogens with one attached hydrogen (secondary N) is 1. The van der Waals surface area contributed by atoms with Crippen molar-refractivity contribution in [1.29, 1.82) is 0 Å². The van der Waals surface area contributed by atoms with E-state index < -0.39 is 11.7 Å². The number of likely N-dealkylation sites (N-methyl/N-ethyl adjacent to an activating group) is 1. The third-order valence-electron chi connectivity index (χ3n) is 4.56. The monoisotopic (exact) mass is 374 g/mol. The number of Topliss-reactive ketones (excluding diaryl/α,β-unsaturated/α-hetero) is 1. The van der Waals surface area contributed by atoms with Gasteiger partial charge in [0.25, 0.3) is 11.7 Å². The molecule has 1 amide bonds. The molecule has 8 heteroatoms. The van der Waals surface area contributed by atoms with Crippen LogP contribution in [-0.2, 0) is 11.8 Å². The highest BCUT2D eigenvalue weighted by Crippen LogP contribution is 2.30. The molecule has 8 nitrogen and oxygen atoms in total. The van der Waals surface area contributed by atoms with E-state index in [0.29, 0.717) is 5.56 Å². The molecule has 0 atom stereocenters. The first-order valence-corrected chi connectivity index (χ1v) is 8.62. The van der Waals surface area contributed by atoms with Crippen molar-refractivity contribution >= 4 is 22.7 Å². The number of amides is 1. The quantitative estimate of drug-likeness (QED) is 0.437. The second kappa shape index (κ2) is 6.73. The third kappa shape index (κ3) is 2.94. The Morgan fingerprint density at radius 3 is 2.61 bits per heavy atom. The molecule has 0 saturated heterocycles. The van der Waals surface area contributed by atoms with Crippen LogP contribution in [0, 0.1) is 0 Å². The highest BCUT2D eigenvalue weighted by atomic mass is 16.2. The molecule has 0 aliphatic carbocycles. The van der Waals surface area contributed by atoms with Gasteiger partial charge in [0.05, 0.1) is 5.69 Å². The zero-order valence-corrected chi connectivity index (χ0v) is 15.7. The van der Waals surface area contributed by atoms with E-state index in [1.165, 1.54) is 11.1 Å². The molecule has 0 aliphatic rings. The van der Waals surface area contributed by atoms with Crippen LogP contribution in [0.25, 0.3) is 33.4 Å². The predicted octanol–water partition coefficient (Wildman–Crippen LogP) is 2.30. The van der Waals surface area contributed by atoms with Crippen LogP contribution in [0.4, 0.5) is 0 Å². The van der Waals surface area contributed by atoms with E-state index in [4.69, 9.17) is 0 Å². The summed E-state index contributed by atoms with van der Waals surface area (Å²) in [7, 11) is 4.97. The van der Waals surface area contributed by atoms with E-state index in [2.05, 4.69) is 20.1 Å². The van der Waals surface area contributed by atoms with E-state index in [1.54, 1.807) is 43.4 Å². The Labute approximate surface area is 160 Å². The lowest BCUT2D eigenvalue weighted by Crippen LogP contribution is -2.29. The Morgan fingerprint density at radius 2 is 1.89 bits per heavy atom. The summed E-state index contributed by atoms with van der Waals surface area (Å²) in [5.41, 5.74) is 4.45. The highest BCUT2D eigenvalue weighted by molar-refractivity contribution is 6.42. The van der Waals surface area contributed by atoms with Gasteiger partial charge in [-0.2, -0.15) is 5.10 Å². The summed E-state index contributed by atoms with van der Waals surface area (Å²) in [6.45, 7) is 0. The van der Waals surface area contributed by atoms with Gasteiger partial charge in [-0.25, -0.2) is 4.98 Å². The van der Waals surface area contributed by atoms with Gasteiger partial charge in [0.1, 0.15) is 5.65 Å². The molecule has 0 aliphatic heterocycles. The predicted molar refractivity (Wildman–Crippen MR) is 105 cm³/mol. The van der Waals surface area contributed by atoms with E-state index in [1.807, 2.05) is 25.4 Å². The van der Waals surface area contributed by atoms with Crippen molar-refractivity contribution in [3.05, 3.63) is 54.7 Å².